The molecule has 0 saturated carbocycles. The van der Waals surface area contributed by atoms with Gasteiger partial charge in [0.15, 0.2) is 0 Å². The van der Waals surface area contributed by atoms with Crippen molar-refractivity contribution in [3.05, 3.63) is 59.1 Å². The molecule has 94 valence electrons. The van der Waals surface area contributed by atoms with Crippen molar-refractivity contribution in [1.82, 2.24) is 0 Å². The van der Waals surface area contributed by atoms with Crippen molar-refractivity contribution in [2.24, 2.45) is 0 Å². The Kier molecular flexibility index (Phi) is 3.59. The van der Waals surface area contributed by atoms with E-state index in [0.717, 1.165) is 0 Å². The maximum atomic E-state index is 12.1. The van der Waals surface area contributed by atoms with Gasteiger partial charge in [-0.15, -0.1) is 0 Å². The molecule has 0 N–H and O–H groups in total. The molecule has 0 atom stereocenters. The van der Waals surface area contributed by atoms with Crippen LogP contribution in [-0.2, 0) is 10.1 Å². The van der Waals surface area contributed by atoms with E-state index in [0.29, 0.717) is 10.6 Å². The summed E-state index contributed by atoms with van der Waals surface area (Å²) in [5, 5.41) is 0.524. The van der Waals surface area contributed by atoms with Crippen LogP contribution in [0, 0.1) is 6.92 Å². The lowest BCUT2D eigenvalue weighted by Gasteiger charge is -2.08. The van der Waals surface area contributed by atoms with Crippen LogP contribution in [0.4, 0.5) is 0 Å². The predicted molar refractivity (Wildman–Crippen MR) is 70.4 cm³/mol. The van der Waals surface area contributed by atoms with Gasteiger partial charge in [0.25, 0.3) is 0 Å². The molecule has 0 aliphatic carbocycles. The topological polar surface area (TPSA) is 43.4 Å². The number of rotatable bonds is 3. The molecule has 18 heavy (non-hydrogen) atoms. The van der Waals surface area contributed by atoms with Gasteiger partial charge in [-0.2, -0.15) is 8.42 Å². The summed E-state index contributed by atoms with van der Waals surface area (Å²) in [7, 11) is -3.80. The van der Waals surface area contributed by atoms with Gasteiger partial charge in [0, 0.05) is 5.02 Å². The van der Waals surface area contributed by atoms with Crippen LogP contribution in [0.3, 0.4) is 0 Å². The summed E-state index contributed by atoms with van der Waals surface area (Å²) in [5.74, 6) is 0.239. The predicted octanol–water partition coefficient (Wildman–Crippen LogP) is 3.42. The molecule has 0 radical (unpaired) electrons. The molecule has 0 aromatic heterocycles. The molecule has 0 aliphatic heterocycles. The Labute approximate surface area is 111 Å². The van der Waals surface area contributed by atoms with Crippen molar-refractivity contribution in [1.29, 1.82) is 0 Å². The van der Waals surface area contributed by atoms with Crippen molar-refractivity contribution in [2.75, 3.05) is 0 Å². The molecule has 0 saturated heterocycles. The molecule has 0 heterocycles. The highest BCUT2D eigenvalue weighted by Gasteiger charge is 2.18. The van der Waals surface area contributed by atoms with E-state index in [1.54, 1.807) is 37.3 Å². The van der Waals surface area contributed by atoms with Crippen LogP contribution in [0.25, 0.3) is 0 Å². The van der Waals surface area contributed by atoms with Gasteiger partial charge in [-0.25, -0.2) is 0 Å². The van der Waals surface area contributed by atoms with Crippen LogP contribution in [0.2, 0.25) is 5.02 Å². The Morgan fingerprint density at radius 3 is 2.22 bits per heavy atom. The maximum absolute atomic E-state index is 12.1. The summed E-state index contributed by atoms with van der Waals surface area (Å²) < 4.78 is 29.1. The van der Waals surface area contributed by atoms with Gasteiger partial charge in [-0.05, 0) is 42.8 Å². The molecule has 3 nitrogen and oxygen atoms in total. The SMILES string of the molecule is Cc1ccccc1S(=O)(=O)Oc1ccc(Cl)cc1. The summed E-state index contributed by atoms with van der Waals surface area (Å²) in [6.07, 6.45) is 0. The molecule has 2 aromatic carbocycles. The zero-order valence-corrected chi connectivity index (χ0v) is 11.2. The molecule has 2 aromatic rings. The smallest absolute Gasteiger partial charge is 0.339 e. The zero-order chi connectivity index (χ0) is 13.2. The number of hydrogen-bond donors (Lipinski definition) is 0. The second-order valence-electron chi connectivity index (χ2n) is 3.76. The number of aryl methyl sites for hydroxylation is 1. The number of halogens is 1. The van der Waals surface area contributed by atoms with Gasteiger partial charge in [-0.3, -0.25) is 0 Å². The minimum Gasteiger partial charge on any atom is -0.379 e. The van der Waals surface area contributed by atoms with Crippen LogP contribution in [0.5, 0.6) is 5.75 Å². The van der Waals surface area contributed by atoms with Crippen molar-refractivity contribution >= 4 is 21.7 Å². The molecular weight excluding hydrogens is 272 g/mol. The van der Waals surface area contributed by atoms with E-state index in [2.05, 4.69) is 0 Å². The van der Waals surface area contributed by atoms with Gasteiger partial charge in [0.2, 0.25) is 0 Å². The van der Waals surface area contributed by atoms with Gasteiger partial charge >= 0.3 is 10.1 Å². The van der Waals surface area contributed by atoms with E-state index in [4.69, 9.17) is 15.8 Å². The van der Waals surface area contributed by atoms with Gasteiger partial charge in [0.1, 0.15) is 10.6 Å². The van der Waals surface area contributed by atoms with Crippen molar-refractivity contribution in [2.45, 2.75) is 11.8 Å². The highest BCUT2D eigenvalue weighted by atomic mass is 35.5. The van der Waals surface area contributed by atoms with Crippen molar-refractivity contribution in [3.8, 4) is 5.75 Å². The second-order valence-corrected chi connectivity index (χ2v) is 5.71. The molecular formula is C13H11ClO3S. The van der Waals surface area contributed by atoms with E-state index >= 15 is 0 Å². The summed E-state index contributed by atoms with van der Waals surface area (Å²) in [5.41, 5.74) is 0.645. The lowest BCUT2D eigenvalue weighted by molar-refractivity contribution is 0.485. The standard InChI is InChI=1S/C13H11ClO3S/c1-10-4-2-3-5-13(10)18(15,16)17-12-8-6-11(14)7-9-12/h2-9H,1H3. The van der Waals surface area contributed by atoms with Crippen LogP contribution < -0.4 is 4.18 Å². The highest BCUT2D eigenvalue weighted by molar-refractivity contribution is 7.87. The third-order valence-electron chi connectivity index (χ3n) is 2.38. The molecule has 0 fully saturated rings. The van der Waals surface area contributed by atoms with Gasteiger partial charge < -0.3 is 4.18 Å². The second kappa shape index (κ2) is 5.00. The molecule has 0 unspecified atom stereocenters. The molecule has 0 amide bonds. The van der Waals surface area contributed by atoms with Crippen LogP contribution in [0.15, 0.2) is 53.4 Å². The average Bonchev–Trinajstić information content (AvgIpc) is 2.32. The van der Waals surface area contributed by atoms with E-state index in [9.17, 15) is 8.42 Å². The quantitative estimate of drug-likeness (QED) is 0.810. The fourth-order valence-electron chi connectivity index (χ4n) is 1.50. The third-order valence-corrected chi connectivity index (χ3v) is 4.04. The fourth-order valence-corrected chi connectivity index (χ4v) is 2.79. The zero-order valence-electron chi connectivity index (χ0n) is 9.63. The summed E-state index contributed by atoms with van der Waals surface area (Å²) >= 11 is 5.72. The van der Waals surface area contributed by atoms with E-state index in [-0.39, 0.29) is 10.6 Å². The first kappa shape index (κ1) is 12.9. The minimum atomic E-state index is -3.80. The summed E-state index contributed by atoms with van der Waals surface area (Å²) in [6, 6.07) is 12.8. The lowest BCUT2D eigenvalue weighted by Crippen LogP contribution is -2.11. The van der Waals surface area contributed by atoms with Crippen LogP contribution in [0.1, 0.15) is 5.56 Å². The fraction of sp³-hybridized carbons (Fsp3) is 0.0769. The molecule has 0 bridgehead atoms. The average molecular weight is 283 g/mol. The van der Waals surface area contributed by atoms with Crippen LogP contribution >= 0.6 is 11.6 Å². The third kappa shape index (κ3) is 2.83. The number of hydrogen-bond acceptors (Lipinski definition) is 3. The van der Waals surface area contributed by atoms with E-state index in [1.807, 2.05) is 0 Å². The molecule has 0 spiro atoms. The maximum Gasteiger partial charge on any atom is 0.339 e. The Morgan fingerprint density at radius 1 is 1.00 bits per heavy atom. The van der Waals surface area contributed by atoms with Crippen molar-refractivity contribution < 1.29 is 12.6 Å². The van der Waals surface area contributed by atoms with E-state index < -0.39 is 10.1 Å². The Morgan fingerprint density at radius 2 is 1.61 bits per heavy atom. The van der Waals surface area contributed by atoms with Gasteiger partial charge in [-0.1, -0.05) is 29.8 Å². The van der Waals surface area contributed by atoms with E-state index in [1.165, 1.54) is 18.2 Å². The number of benzene rings is 2. The molecule has 2 rings (SSSR count). The van der Waals surface area contributed by atoms with Gasteiger partial charge in [0.05, 0.1) is 0 Å². The summed E-state index contributed by atoms with van der Waals surface area (Å²) in [6.45, 7) is 1.72. The van der Waals surface area contributed by atoms with Crippen LogP contribution in [-0.4, -0.2) is 8.42 Å². The minimum absolute atomic E-state index is 0.167. The monoisotopic (exact) mass is 282 g/mol. The first-order chi connectivity index (χ1) is 8.49. The Hall–Kier alpha value is -1.52. The Balaban J connectivity index is 2.33. The lowest BCUT2D eigenvalue weighted by atomic mass is 10.2. The summed E-state index contributed by atoms with van der Waals surface area (Å²) in [4.78, 5) is 0.167. The highest BCUT2D eigenvalue weighted by Crippen LogP contribution is 2.22. The largest absolute Gasteiger partial charge is 0.379 e. The normalized spacial score (nSPS) is 11.2. The first-order valence-corrected chi connectivity index (χ1v) is 7.03. The molecule has 5 heteroatoms. The van der Waals surface area contributed by atoms with Crippen molar-refractivity contribution in [3.63, 3.8) is 0 Å². The first-order valence-electron chi connectivity index (χ1n) is 5.25. The molecule has 0 aliphatic rings. The Bertz CT molecular complexity index is 648.